The summed E-state index contributed by atoms with van der Waals surface area (Å²) in [6, 6.07) is 10.4. The molecule has 3 heterocycles. The van der Waals surface area contributed by atoms with Gasteiger partial charge in [0.25, 0.3) is 5.91 Å². The van der Waals surface area contributed by atoms with Crippen LogP contribution in [0.2, 0.25) is 0 Å². The lowest BCUT2D eigenvalue weighted by molar-refractivity contribution is -0.138. The molecular weight excluding hydrogens is 566 g/mol. The molecule has 2 aliphatic rings. The van der Waals surface area contributed by atoms with Crippen LogP contribution in [0.25, 0.3) is 11.1 Å². The number of carbonyl (C=O) groups is 1. The number of hydrogen-bond donors (Lipinski definition) is 2. The van der Waals surface area contributed by atoms with Crippen molar-refractivity contribution in [2.45, 2.75) is 38.8 Å². The van der Waals surface area contributed by atoms with Crippen LogP contribution in [0.3, 0.4) is 0 Å². The number of halogens is 4. The third-order valence-corrected chi connectivity index (χ3v) is 7.81. The lowest BCUT2D eigenvalue weighted by atomic mass is 10.00. The maximum absolute atomic E-state index is 15.2. The maximum Gasteiger partial charge on any atom is 0.417 e. The summed E-state index contributed by atoms with van der Waals surface area (Å²) in [6.07, 6.45) is -3.99. The van der Waals surface area contributed by atoms with Gasteiger partial charge in [-0.2, -0.15) is 13.2 Å². The maximum atomic E-state index is 15.2. The number of hydrogen-bond acceptors (Lipinski definition) is 6. The van der Waals surface area contributed by atoms with Crippen LogP contribution in [0.1, 0.15) is 35.3 Å². The number of aromatic amines is 1. The smallest absolute Gasteiger partial charge is 0.373 e. The Bertz CT molecular complexity index is 1520. The van der Waals surface area contributed by atoms with E-state index in [1.54, 1.807) is 30.3 Å². The Hall–Kier alpha value is -3.74. The molecule has 0 spiro atoms. The number of nitrogens with one attached hydrogen (secondary N) is 2. The molecule has 2 fully saturated rings. The van der Waals surface area contributed by atoms with E-state index in [1.165, 1.54) is 6.07 Å². The standard InChI is InChI=1S/C31H35F4N5O3/c1-19-16-39(17-20(2)43-19)18-21-4-6-26(32)23(12-21)22-5-7-28(40-10-8-38(3)9-11-40)27(13-22)37-30(42)24-15-36-29(41)14-25(24)31(33,34)35/h4-7,12-15,19-20H,8-11,16-18H2,1-3H3,(H,36,41)(H,37,42)/t19-,20+. The zero-order valence-electron chi connectivity index (χ0n) is 24.3. The van der Waals surface area contributed by atoms with Gasteiger partial charge in [0.2, 0.25) is 5.56 Å². The van der Waals surface area contributed by atoms with Crippen LogP contribution in [-0.4, -0.2) is 79.2 Å². The molecule has 0 unspecified atom stereocenters. The highest BCUT2D eigenvalue weighted by atomic mass is 19.4. The highest BCUT2D eigenvalue weighted by Gasteiger charge is 2.36. The molecule has 0 bridgehead atoms. The molecule has 12 heteroatoms. The SMILES string of the molecule is C[C@@H]1CN(Cc2ccc(F)c(-c3ccc(N4CCN(C)CC4)c(NC(=O)c4c[nH]c(=O)cc4C(F)(F)F)c3)c2)C[C@H](C)O1. The number of carbonyl (C=O) groups excluding carboxylic acids is 1. The van der Waals surface area contributed by atoms with Crippen molar-refractivity contribution >= 4 is 17.3 Å². The van der Waals surface area contributed by atoms with Crippen molar-refractivity contribution in [1.82, 2.24) is 14.8 Å². The number of ether oxygens (including phenoxy) is 1. The number of anilines is 2. The van der Waals surface area contributed by atoms with E-state index in [4.69, 9.17) is 4.74 Å². The molecule has 3 aromatic rings. The monoisotopic (exact) mass is 601 g/mol. The molecule has 5 rings (SSSR count). The minimum absolute atomic E-state index is 0.0808. The molecule has 1 amide bonds. The van der Waals surface area contributed by atoms with Crippen LogP contribution < -0.4 is 15.8 Å². The number of likely N-dealkylation sites (N-methyl/N-ethyl adjacent to an activating group) is 1. The van der Waals surface area contributed by atoms with Crippen molar-refractivity contribution in [1.29, 1.82) is 0 Å². The minimum atomic E-state index is -4.91. The summed E-state index contributed by atoms with van der Waals surface area (Å²) in [4.78, 5) is 33.5. The summed E-state index contributed by atoms with van der Waals surface area (Å²) in [5, 5.41) is 2.63. The quantitative estimate of drug-likeness (QED) is 0.395. The van der Waals surface area contributed by atoms with Crippen LogP contribution in [0.4, 0.5) is 28.9 Å². The van der Waals surface area contributed by atoms with E-state index in [1.807, 2.05) is 25.8 Å². The van der Waals surface area contributed by atoms with E-state index in [-0.39, 0.29) is 17.9 Å². The number of nitrogens with zero attached hydrogens (tertiary/aromatic N) is 3. The van der Waals surface area contributed by atoms with Gasteiger partial charge in [-0.25, -0.2) is 4.39 Å². The molecule has 0 aliphatic carbocycles. The lowest BCUT2D eigenvalue weighted by Gasteiger charge is -2.35. The number of piperazine rings is 1. The number of amides is 1. The largest absolute Gasteiger partial charge is 0.417 e. The first kappa shape index (κ1) is 30.7. The second kappa shape index (κ2) is 12.5. The number of rotatable bonds is 6. The number of aromatic nitrogens is 1. The molecule has 2 atom stereocenters. The first-order valence-corrected chi connectivity index (χ1v) is 14.2. The predicted octanol–water partition coefficient (Wildman–Crippen LogP) is 4.81. The predicted molar refractivity (Wildman–Crippen MR) is 157 cm³/mol. The zero-order chi connectivity index (χ0) is 30.9. The normalized spacial score (nSPS) is 20.3. The number of pyridine rings is 1. The summed E-state index contributed by atoms with van der Waals surface area (Å²) in [5.41, 5.74) is -0.500. The first-order valence-electron chi connectivity index (χ1n) is 14.2. The second-order valence-corrected chi connectivity index (χ2v) is 11.4. The molecule has 2 aromatic carbocycles. The van der Waals surface area contributed by atoms with Crippen LogP contribution in [0, 0.1) is 5.82 Å². The minimum Gasteiger partial charge on any atom is -0.373 e. The highest BCUT2D eigenvalue weighted by molar-refractivity contribution is 6.07. The Morgan fingerprint density at radius 3 is 2.40 bits per heavy atom. The van der Waals surface area contributed by atoms with Crippen molar-refractivity contribution in [3.63, 3.8) is 0 Å². The third kappa shape index (κ3) is 7.26. The van der Waals surface area contributed by atoms with Crippen molar-refractivity contribution in [3.05, 3.63) is 81.5 Å². The van der Waals surface area contributed by atoms with Crippen LogP contribution in [0.15, 0.2) is 53.5 Å². The highest BCUT2D eigenvalue weighted by Crippen LogP contribution is 2.36. The molecule has 0 radical (unpaired) electrons. The van der Waals surface area contributed by atoms with E-state index in [2.05, 4.69) is 20.1 Å². The summed E-state index contributed by atoms with van der Waals surface area (Å²) >= 11 is 0. The van der Waals surface area contributed by atoms with E-state index < -0.39 is 34.6 Å². The van der Waals surface area contributed by atoms with Crippen LogP contribution in [-0.2, 0) is 17.5 Å². The topological polar surface area (TPSA) is 80.9 Å². The average molecular weight is 602 g/mol. The molecule has 43 heavy (non-hydrogen) atoms. The number of H-pyrrole nitrogens is 1. The van der Waals surface area contributed by atoms with E-state index in [0.29, 0.717) is 42.5 Å². The molecule has 2 N–H and O–H groups in total. The fourth-order valence-corrected chi connectivity index (χ4v) is 5.77. The Labute approximate surface area is 247 Å². The molecule has 0 saturated carbocycles. The third-order valence-electron chi connectivity index (χ3n) is 7.81. The summed E-state index contributed by atoms with van der Waals surface area (Å²) < 4.78 is 62.2. The van der Waals surface area contributed by atoms with E-state index >= 15 is 4.39 Å². The fraction of sp³-hybridized carbons (Fsp3) is 0.419. The van der Waals surface area contributed by atoms with Crippen LogP contribution in [0.5, 0.6) is 0 Å². The Morgan fingerprint density at radius 1 is 1.02 bits per heavy atom. The Kier molecular flexibility index (Phi) is 8.91. The zero-order valence-corrected chi connectivity index (χ0v) is 24.3. The Morgan fingerprint density at radius 2 is 1.72 bits per heavy atom. The fourth-order valence-electron chi connectivity index (χ4n) is 5.77. The Balaban J connectivity index is 1.50. The van der Waals surface area contributed by atoms with Crippen LogP contribution >= 0.6 is 0 Å². The van der Waals surface area contributed by atoms with Gasteiger partial charge >= 0.3 is 6.18 Å². The van der Waals surface area contributed by atoms with Gasteiger partial charge in [-0.15, -0.1) is 0 Å². The van der Waals surface area contributed by atoms with Crippen molar-refractivity contribution in [3.8, 4) is 11.1 Å². The number of alkyl halides is 3. The second-order valence-electron chi connectivity index (χ2n) is 11.4. The number of morpholine rings is 1. The van der Waals surface area contributed by atoms with Crippen molar-refractivity contribution in [2.75, 3.05) is 56.5 Å². The average Bonchev–Trinajstić information content (AvgIpc) is 2.93. The van der Waals surface area contributed by atoms with Gasteiger partial charge in [0.1, 0.15) is 5.82 Å². The van der Waals surface area contributed by atoms with E-state index in [0.717, 1.165) is 37.9 Å². The molecule has 2 aliphatic heterocycles. The van der Waals surface area contributed by atoms with Gasteiger partial charge < -0.3 is 24.8 Å². The number of benzene rings is 2. The van der Waals surface area contributed by atoms with Crippen molar-refractivity contribution in [2.24, 2.45) is 0 Å². The van der Waals surface area contributed by atoms with Crippen molar-refractivity contribution < 1.29 is 27.1 Å². The lowest BCUT2D eigenvalue weighted by Crippen LogP contribution is -2.44. The summed E-state index contributed by atoms with van der Waals surface area (Å²) in [7, 11) is 1.99. The van der Waals surface area contributed by atoms with Gasteiger partial charge in [0.15, 0.2) is 0 Å². The summed E-state index contributed by atoms with van der Waals surface area (Å²) in [5.74, 6) is -1.50. The van der Waals surface area contributed by atoms with Gasteiger partial charge in [-0.3, -0.25) is 14.5 Å². The van der Waals surface area contributed by atoms with Gasteiger partial charge in [-0.05, 0) is 56.3 Å². The summed E-state index contributed by atoms with van der Waals surface area (Å²) in [6.45, 7) is 8.89. The van der Waals surface area contributed by atoms with E-state index in [9.17, 15) is 22.8 Å². The molecule has 2 saturated heterocycles. The van der Waals surface area contributed by atoms with Gasteiger partial charge in [0, 0.05) is 63.6 Å². The molecule has 1 aromatic heterocycles. The van der Waals surface area contributed by atoms with Gasteiger partial charge in [0.05, 0.1) is 34.7 Å². The van der Waals surface area contributed by atoms with Gasteiger partial charge in [-0.1, -0.05) is 12.1 Å². The first-order chi connectivity index (χ1) is 20.4. The molecule has 230 valence electrons. The molecular formula is C31H35F4N5O3. The molecule has 8 nitrogen and oxygen atoms in total.